The molecule has 0 bridgehead atoms. The molecule has 10 heteroatoms. The maximum atomic E-state index is 13.8. The van der Waals surface area contributed by atoms with E-state index in [-0.39, 0.29) is 5.56 Å². The van der Waals surface area contributed by atoms with Gasteiger partial charge in [0.25, 0.3) is 5.56 Å². The van der Waals surface area contributed by atoms with Crippen LogP contribution in [-0.2, 0) is 11.3 Å². The van der Waals surface area contributed by atoms with Gasteiger partial charge in [-0.25, -0.2) is 18.2 Å². The second kappa shape index (κ2) is 8.58. The lowest BCUT2D eigenvalue weighted by atomic mass is 10.2. The van der Waals surface area contributed by atoms with E-state index in [0.29, 0.717) is 22.6 Å². The molecule has 29 heavy (non-hydrogen) atoms. The lowest BCUT2D eigenvalue weighted by Crippen LogP contribution is -2.27. The molecule has 0 aliphatic heterocycles. The fourth-order valence-electron chi connectivity index (χ4n) is 2.61. The smallest absolute Gasteiger partial charge is 0.262 e. The van der Waals surface area contributed by atoms with E-state index >= 15 is 0 Å². The molecule has 0 radical (unpaired) electrons. The molecule has 152 valence electrons. The number of hydrogen-bond acceptors (Lipinski definition) is 4. The summed E-state index contributed by atoms with van der Waals surface area (Å²) in [5.74, 6) is -5.13. The van der Waals surface area contributed by atoms with Gasteiger partial charge >= 0.3 is 0 Å². The first-order valence-corrected chi connectivity index (χ1v) is 10.2. The predicted molar refractivity (Wildman–Crippen MR) is 110 cm³/mol. The van der Waals surface area contributed by atoms with Crippen LogP contribution in [0.15, 0.2) is 44.8 Å². The average molecular weight is 486 g/mol. The Kier molecular flexibility index (Phi) is 6.33. The molecule has 1 heterocycles. The molecule has 3 rings (SSSR count). The van der Waals surface area contributed by atoms with Gasteiger partial charge in [-0.3, -0.25) is 14.2 Å². The predicted octanol–water partition coefficient (Wildman–Crippen LogP) is 4.72. The van der Waals surface area contributed by atoms with Crippen molar-refractivity contribution in [1.82, 2.24) is 9.55 Å². The Morgan fingerprint density at radius 1 is 1.24 bits per heavy atom. The van der Waals surface area contributed by atoms with E-state index in [1.165, 1.54) is 11.5 Å². The molecule has 3 aromatic rings. The minimum Gasteiger partial charge on any atom is -0.323 e. The SMILES string of the molecule is CCn1c(SC(C)C(=O)Nc2ccc(F)c(F)c2F)nc2ccc(Br)cc2c1=O. The van der Waals surface area contributed by atoms with Crippen LogP contribution in [0.1, 0.15) is 13.8 Å². The number of amides is 1. The number of nitrogens with one attached hydrogen (secondary N) is 1. The molecule has 0 fully saturated rings. The van der Waals surface area contributed by atoms with Crippen LogP contribution in [0.25, 0.3) is 10.9 Å². The molecule has 0 aliphatic rings. The van der Waals surface area contributed by atoms with Gasteiger partial charge in [0.2, 0.25) is 5.91 Å². The third kappa shape index (κ3) is 4.32. The quantitative estimate of drug-likeness (QED) is 0.322. The van der Waals surface area contributed by atoms with Crippen molar-refractivity contribution in [2.24, 2.45) is 0 Å². The Labute approximate surface area is 176 Å². The summed E-state index contributed by atoms with van der Waals surface area (Å²) in [6.07, 6.45) is 0. The number of carbonyl (C=O) groups excluding carboxylic acids is 1. The summed E-state index contributed by atoms with van der Waals surface area (Å²) in [4.78, 5) is 29.6. The zero-order valence-electron chi connectivity index (χ0n) is 15.3. The average Bonchev–Trinajstić information content (AvgIpc) is 2.69. The molecule has 0 aliphatic carbocycles. The Balaban J connectivity index is 1.88. The van der Waals surface area contributed by atoms with Crippen LogP contribution in [0.3, 0.4) is 0 Å². The standard InChI is InChI=1S/C19H15BrF3N3O2S/c1-3-26-18(28)11-8-10(20)4-6-13(11)25-19(26)29-9(2)17(27)24-14-7-5-12(21)15(22)16(14)23/h4-9H,3H2,1-2H3,(H,24,27). The number of anilines is 1. The number of fused-ring (bicyclic) bond motifs is 1. The van der Waals surface area contributed by atoms with E-state index in [1.807, 2.05) is 0 Å². The minimum atomic E-state index is -1.66. The number of nitrogens with zero attached hydrogens (tertiary/aromatic N) is 2. The Morgan fingerprint density at radius 2 is 1.97 bits per heavy atom. The fourth-order valence-corrected chi connectivity index (χ4v) is 3.94. The van der Waals surface area contributed by atoms with Crippen molar-refractivity contribution in [2.45, 2.75) is 30.8 Å². The first kappa shape index (κ1) is 21.4. The van der Waals surface area contributed by atoms with E-state index in [4.69, 9.17) is 0 Å². The normalized spacial score (nSPS) is 12.2. The molecule has 0 spiro atoms. The molecule has 1 aromatic heterocycles. The Bertz CT molecular complexity index is 1170. The van der Waals surface area contributed by atoms with Crippen LogP contribution in [0.4, 0.5) is 18.9 Å². The van der Waals surface area contributed by atoms with Gasteiger partial charge in [-0.1, -0.05) is 27.7 Å². The highest BCUT2D eigenvalue weighted by molar-refractivity contribution is 9.10. The first-order valence-electron chi connectivity index (χ1n) is 8.54. The van der Waals surface area contributed by atoms with Crippen molar-refractivity contribution in [2.75, 3.05) is 5.32 Å². The Morgan fingerprint density at radius 3 is 2.66 bits per heavy atom. The number of carbonyl (C=O) groups is 1. The monoisotopic (exact) mass is 485 g/mol. The molecule has 0 saturated carbocycles. The number of hydrogen-bond donors (Lipinski definition) is 1. The highest BCUT2D eigenvalue weighted by Crippen LogP contribution is 2.26. The maximum Gasteiger partial charge on any atom is 0.262 e. The van der Waals surface area contributed by atoms with Crippen LogP contribution in [0, 0.1) is 17.5 Å². The lowest BCUT2D eigenvalue weighted by Gasteiger charge is -2.16. The molecular formula is C19H15BrF3N3O2S. The van der Waals surface area contributed by atoms with Gasteiger partial charge in [-0.2, -0.15) is 0 Å². The molecule has 1 amide bonds. The van der Waals surface area contributed by atoms with E-state index in [9.17, 15) is 22.8 Å². The van der Waals surface area contributed by atoms with E-state index in [0.717, 1.165) is 28.4 Å². The van der Waals surface area contributed by atoms with Gasteiger partial charge < -0.3 is 5.32 Å². The third-order valence-electron chi connectivity index (χ3n) is 4.14. The lowest BCUT2D eigenvalue weighted by molar-refractivity contribution is -0.115. The van der Waals surface area contributed by atoms with Gasteiger partial charge in [0, 0.05) is 11.0 Å². The largest absolute Gasteiger partial charge is 0.323 e. The van der Waals surface area contributed by atoms with Gasteiger partial charge in [0.1, 0.15) is 0 Å². The van der Waals surface area contributed by atoms with Crippen LogP contribution in [-0.4, -0.2) is 20.7 Å². The second-order valence-electron chi connectivity index (χ2n) is 6.08. The van der Waals surface area contributed by atoms with Crippen molar-refractivity contribution in [3.8, 4) is 0 Å². The molecule has 1 N–H and O–H groups in total. The number of rotatable bonds is 5. The van der Waals surface area contributed by atoms with Crippen molar-refractivity contribution < 1.29 is 18.0 Å². The topological polar surface area (TPSA) is 64.0 Å². The fraction of sp³-hybridized carbons (Fsp3) is 0.211. The van der Waals surface area contributed by atoms with Crippen LogP contribution >= 0.6 is 27.7 Å². The van der Waals surface area contributed by atoms with Crippen molar-refractivity contribution in [1.29, 1.82) is 0 Å². The molecule has 1 unspecified atom stereocenters. The van der Waals surface area contributed by atoms with Gasteiger partial charge in [0.15, 0.2) is 22.6 Å². The summed E-state index contributed by atoms with van der Waals surface area (Å²) >= 11 is 4.33. The molecule has 5 nitrogen and oxygen atoms in total. The number of benzene rings is 2. The maximum absolute atomic E-state index is 13.8. The second-order valence-corrected chi connectivity index (χ2v) is 8.30. The zero-order valence-corrected chi connectivity index (χ0v) is 17.7. The summed E-state index contributed by atoms with van der Waals surface area (Å²) in [6, 6.07) is 6.78. The van der Waals surface area contributed by atoms with Gasteiger partial charge in [0.05, 0.1) is 21.8 Å². The first-order chi connectivity index (χ1) is 13.7. The van der Waals surface area contributed by atoms with Crippen molar-refractivity contribution >= 4 is 50.2 Å². The number of halogens is 4. The Hall–Kier alpha value is -2.33. The van der Waals surface area contributed by atoms with Gasteiger partial charge in [-0.15, -0.1) is 0 Å². The minimum absolute atomic E-state index is 0.249. The molecule has 1 atom stereocenters. The van der Waals surface area contributed by atoms with Crippen LogP contribution < -0.4 is 10.9 Å². The summed E-state index contributed by atoms with van der Waals surface area (Å²) in [5.41, 5.74) is -0.240. The van der Waals surface area contributed by atoms with Crippen molar-refractivity contribution in [3.05, 3.63) is 62.6 Å². The number of aromatic nitrogens is 2. The van der Waals surface area contributed by atoms with Crippen LogP contribution in [0.2, 0.25) is 0 Å². The molecule has 2 aromatic carbocycles. The molecule has 0 saturated heterocycles. The van der Waals surface area contributed by atoms with Crippen LogP contribution in [0.5, 0.6) is 0 Å². The molecular weight excluding hydrogens is 471 g/mol. The summed E-state index contributed by atoms with van der Waals surface area (Å²) in [5, 5.41) is 2.20. The summed E-state index contributed by atoms with van der Waals surface area (Å²) < 4.78 is 42.4. The summed E-state index contributed by atoms with van der Waals surface area (Å²) in [7, 11) is 0. The van der Waals surface area contributed by atoms with Gasteiger partial charge in [-0.05, 0) is 44.2 Å². The zero-order chi connectivity index (χ0) is 21.3. The third-order valence-corrected chi connectivity index (χ3v) is 5.73. The van der Waals surface area contributed by atoms with E-state index in [1.54, 1.807) is 25.1 Å². The van der Waals surface area contributed by atoms with E-state index in [2.05, 4.69) is 26.2 Å². The van der Waals surface area contributed by atoms with E-state index < -0.39 is 34.3 Å². The van der Waals surface area contributed by atoms with Crippen molar-refractivity contribution in [3.63, 3.8) is 0 Å². The summed E-state index contributed by atoms with van der Waals surface area (Å²) in [6.45, 7) is 3.65. The number of thioether (sulfide) groups is 1. The highest BCUT2D eigenvalue weighted by Gasteiger charge is 2.22. The highest BCUT2D eigenvalue weighted by atomic mass is 79.9.